The third-order valence-corrected chi connectivity index (χ3v) is 5.28. The number of rotatable bonds is 4. The van der Waals surface area contributed by atoms with Gasteiger partial charge in [-0.1, -0.05) is 29.8 Å². The molecule has 4 rings (SSSR count). The summed E-state index contributed by atoms with van der Waals surface area (Å²) in [5.41, 5.74) is 4.20. The first-order valence-corrected chi connectivity index (χ1v) is 9.59. The Morgan fingerprint density at radius 1 is 1.07 bits per heavy atom. The molecule has 0 N–H and O–H groups in total. The Labute approximate surface area is 168 Å². The summed E-state index contributed by atoms with van der Waals surface area (Å²) in [4.78, 5) is 16.9. The van der Waals surface area contributed by atoms with E-state index in [2.05, 4.69) is 27.3 Å². The van der Waals surface area contributed by atoms with E-state index in [9.17, 15) is 4.79 Å². The van der Waals surface area contributed by atoms with Crippen LogP contribution in [0.5, 0.6) is 0 Å². The minimum atomic E-state index is 0.151. The number of aromatic nitrogens is 4. The van der Waals surface area contributed by atoms with Crippen LogP contribution < -0.4 is 4.90 Å². The molecule has 1 aromatic heterocycles. The summed E-state index contributed by atoms with van der Waals surface area (Å²) < 4.78 is 1.59. The number of halogens is 1. The highest BCUT2D eigenvalue weighted by atomic mass is 35.5. The van der Waals surface area contributed by atoms with E-state index in [1.807, 2.05) is 47.4 Å². The Morgan fingerprint density at radius 3 is 2.50 bits per heavy atom. The van der Waals surface area contributed by atoms with Crippen LogP contribution in [0.15, 0.2) is 48.8 Å². The fourth-order valence-corrected chi connectivity index (χ4v) is 3.62. The average Bonchev–Trinajstić information content (AvgIpc) is 3.25. The van der Waals surface area contributed by atoms with Crippen molar-refractivity contribution >= 4 is 23.2 Å². The van der Waals surface area contributed by atoms with E-state index in [-0.39, 0.29) is 5.91 Å². The lowest BCUT2D eigenvalue weighted by Crippen LogP contribution is -2.49. The Balaban J connectivity index is 1.34. The largest absolute Gasteiger partial charge is 0.368 e. The smallest absolute Gasteiger partial charge is 0.227 e. The van der Waals surface area contributed by atoms with Crippen molar-refractivity contribution in [2.45, 2.75) is 13.3 Å². The Bertz CT molecular complexity index is 949. The van der Waals surface area contributed by atoms with E-state index in [1.54, 1.807) is 11.0 Å². The second kappa shape index (κ2) is 7.98. The van der Waals surface area contributed by atoms with E-state index in [1.165, 1.54) is 5.56 Å². The van der Waals surface area contributed by atoms with Crippen molar-refractivity contribution in [3.05, 3.63) is 64.9 Å². The van der Waals surface area contributed by atoms with Crippen molar-refractivity contribution in [3.8, 4) is 5.69 Å². The van der Waals surface area contributed by atoms with E-state index < -0.39 is 0 Å². The van der Waals surface area contributed by atoms with Gasteiger partial charge < -0.3 is 9.80 Å². The molecule has 28 heavy (non-hydrogen) atoms. The first kappa shape index (κ1) is 18.4. The molecule has 1 aliphatic heterocycles. The fraction of sp³-hybridized carbons (Fsp3) is 0.300. The third-order valence-electron chi connectivity index (χ3n) is 5.05. The van der Waals surface area contributed by atoms with Crippen LogP contribution >= 0.6 is 11.6 Å². The van der Waals surface area contributed by atoms with Gasteiger partial charge in [0.05, 0.1) is 12.1 Å². The Hall–Kier alpha value is -2.93. The van der Waals surface area contributed by atoms with Gasteiger partial charge in [0, 0.05) is 36.9 Å². The van der Waals surface area contributed by atoms with Crippen molar-refractivity contribution in [1.82, 2.24) is 25.1 Å². The van der Waals surface area contributed by atoms with Gasteiger partial charge in [-0.25, -0.2) is 4.68 Å². The lowest BCUT2D eigenvalue weighted by molar-refractivity contribution is -0.130. The van der Waals surface area contributed by atoms with E-state index in [0.717, 1.165) is 35.1 Å². The molecule has 2 heterocycles. The molecule has 0 unspecified atom stereocenters. The summed E-state index contributed by atoms with van der Waals surface area (Å²) in [6, 6.07) is 13.7. The summed E-state index contributed by atoms with van der Waals surface area (Å²) in [5, 5.41) is 11.9. The van der Waals surface area contributed by atoms with Crippen LogP contribution in [0.4, 0.5) is 5.69 Å². The highest BCUT2D eigenvalue weighted by Gasteiger charge is 2.22. The van der Waals surface area contributed by atoms with Gasteiger partial charge in [0.1, 0.15) is 6.33 Å². The van der Waals surface area contributed by atoms with Gasteiger partial charge in [-0.2, -0.15) is 0 Å². The summed E-state index contributed by atoms with van der Waals surface area (Å²) in [6.45, 7) is 5.14. The van der Waals surface area contributed by atoms with Crippen LogP contribution in [0.1, 0.15) is 11.1 Å². The summed E-state index contributed by atoms with van der Waals surface area (Å²) in [5.74, 6) is 0.151. The number of piperazine rings is 1. The molecule has 1 saturated heterocycles. The van der Waals surface area contributed by atoms with Crippen LogP contribution in [0.25, 0.3) is 5.69 Å². The predicted octanol–water partition coefficient (Wildman–Crippen LogP) is 2.52. The highest BCUT2D eigenvalue weighted by Crippen LogP contribution is 2.25. The molecule has 3 aromatic rings. The number of benzene rings is 2. The molecule has 0 aliphatic carbocycles. The van der Waals surface area contributed by atoms with Gasteiger partial charge in [0.25, 0.3) is 0 Å². The first-order valence-electron chi connectivity index (χ1n) is 9.21. The zero-order chi connectivity index (χ0) is 19.5. The lowest BCUT2D eigenvalue weighted by Gasteiger charge is -2.37. The minimum Gasteiger partial charge on any atom is -0.368 e. The molecule has 0 spiro atoms. The second-order valence-electron chi connectivity index (χ2n) is 6.90. The zero-order valence-electron chi connectivity index (χ0n) is 15.6. The fourth-order valence-electron chi connectivity index (χ4n) is 3.45. The van der Waals surface area contributed by atoms with Crippen LogP contribution in [0.3, 0.4) is 0 Å². The number of hydrogen-bond acceptors (Lipinski definition) is 5. The van der Waals surface area contributed by atoms with Crippen molar-refractivity contribution in [2.75, 3.05) is 31.1 Å². The third kappa shape index (κ3) is 3.99. The van der Waals surface area contributed by atoms with Crippen LogP contribution in [0, 0.1) is 6.92 Å². The summed E-state index contributed by atoms with van der Waals surface area (Å²) in [7, 11) is 0. The molecule has 0 atom stereocenters. The van der Waals surface area contributed by atoms with E-state index in [0.29, 0.717) is 19.5 Å². The quantitative estimate of drug-likeness (QED) is 0.677. The van der Waals surface area contributed by atoms with E-state index in [4.69, 9.17) is 11.6 Å². The average molecular weight is 397 g/mol. The molecule has 8 heteroatoms. The number of aryl methyl sites for hydroxylation is 1. The predicted molar refractivity (Wildman–Crippen MR) is 108 cm³/mol. The molecule has 1 aliphatic rings. The first-order chi connectivity index (χ1) is 13.6. The number of amides is 1. The van der Waals surface area contributed by atoms with E-state index >= 15 is 0 Å². The normalized spacial score (nSPS) is 14.4. The van der Waals surface area contributed by atoms with Gasteiger partial charge in [-0.05, 0) is 52.7 Å². The van der Waals surface area contributed by atoms with Crippen molar-refractivity contribution in [1.29, 1.82) is 0 Å². The molecule has 1 amide bonds. The van der Waals surface area contributed by atoms with Crippen molar-refractivity contribution in [3.63, 3.8) is 0 Å². The monoisotopic (exact) mass is 396 g/mol. The van der Waals surface area contributed by atoms with Gasteiger partial charge >= 0.3 is 0 Å². The standard InChI is InChI=1S/C20H21ClN6O/c1-15-2-5-17(21)13-19(15)25-8-10-26(11-9-25)20(28)12-16-3-6-18(7-4-16)27-14-22-23-24-27/h2-7,13-14H,8-12H2,1H3. The van der Waals surface area contributed by atoms with Crippen LogP contribution in [-0.4, -0.2) is 57.2 Å². The molecular weight excluding hydrogens is 376 g/mol. The Morgan fingerprint density at radius 2 is 1.82 bits per heavy atom. The van der Waals surface area contributed by atoms with Crippen LogP contribution in [0.2, 0.25) is 5.02 Å². The van der Waals surface area contributed by atoms with Gasteiger partial charge in [0.15, 0.2) is 0 Å². The van der Waals surface area contributed by atoms with Gasteiger partial charge in [-0.15, -0.1) is 5.10 Å². The number of nitrogens with zero attached hydrogens (tertiary/aromatic N) is 6. The molecule has 7 nitrogen and oxygen atoms in total. The van der Waals surface area contributed by atoms with Crippen LogP contribution in [-0.2, 0) is 11.2 Å². The molecule has 0 saturated carbocycles. The molecule has 144 valence electrons. The Kier molecular flexibility index (Phi) is 5.25. The molecule has 2 aromatic carbocycles. The minimum absolute atomic E-state index is 0.151. The highest BCUT2D eigenvalue weighted by molar-refractivity contribution is 6.30. The second-order valence-corrected chi connectivity index (χ2v) is 7.33. The SMILES string of the molecule is Cc1ccc(Cl)cc1N1CCN(C(=O)Cc2ccc(-n3cnnn3)cc2)CC1. The molecule has 1 fully saturated rings. The summed E-state index contributed by atoms with van der Waals surface area (Å²) in [6.07, 6.45) is 1.94. The number of anilines is 1. The maximum atomic E-state index is 12.7. The molecule has 0 radical (unpaired) electrons. The maximum absolute atomic E-state index is 12.7. The number of carbonyl (C=O) groups excluding carboxylic acids is 1. The van der Waals surface area contributed by atoms with Gasteiger partial charge in [-0.3, -0.25) is 4.79 Å². The van der Waals surface area contributed by atoms with Crippen molar-refractivity contribution in [2.24, 2.45) is 0 Å². The molecular formula is C20H21ClN6O. The lowest BCUT2D eigenvalue weighted by atomic mass is 10.1. The number of hydrogen-bond donors (Lipinski definition) is 0. The number of carbonyl (C=O) groups is 1. The maximum Gasteiger partial charge on any atom is 0.227 e. The number of tetrazole rings is 1. The van der Waals surface area contributed by atoms with Crippen molar-refractivity contribution < 1.29 is 4.79 Å². The molecule has 0 bridgehead atoms. The zero-order valence-corrected chi connectivity index (χ0v) is 16.4. The topological polar surface area (TPSA) is 67.2 Å². The van der Waals surface area contributed by atoms with Gasteiger partial charge in [0.2, 0.25) is 5.91 Å². The summed E-state index contributed by atoms with van der Waals surface area (Å²) >= 11 is 6.15.